The van der Waals surface area contributed by atoms with E-state index in [9.17, 15) is 4.79 Å². The van der Waals surface area contributed by atoms with Crippen molar-refractivity contribution in [3.8, 4) is 0 Å². The van der Waals surface area contributed by atoms with Crippen molar-refractivity contribution in [3.63, 3.8) is 0 Å². The van der Waals surface area contributed by atoms with Crippen LogP contribution in [0.25, 0.3) is 0 Å². The van der Waals surface area contributed by atoms with Crippen LogP contribution >= 0.6 is 0 Å². The molecule has 3 nitrogen and oxygen atoms in total. The Bertz CT molecular complexity index is 132. The van der Waals surface area contributed by atoms with E-state index >= 15 is 0 Å². The van der Waals surface area contributed by atoms with Crippen molar-refractivity contribution >= 4 is 6.16 Å². The van der Waals surface area contributed by atoms with Crippen LogP contribution in [-0.4, -0.2) is 19.4 Å². The molecule has 0 atom stereocenters. The maximum Gasteiger partial charge on any atom is 0.508 e. The highest BCUT2D eigenvalue weighted by Gasteiger charge is 2.03. The Labute approximate surface area is 80.4 Å². The number of hydrogen-bond donors (Lipinski definition) is 0. The van der Waals surface area contributed by atoms with Crippen LogP contribution in [0, 0.1) is 5.92 Å². The summed E-state index contributed by atoms with van der Waals surface area (Å²) < 4.78 is 9.66. The fourth-order valence-corrected chi connectivity index (χ4v) is 0.784. The van der Waals surface area contributed by atoms with Gasteiger partial charge in [-0.2, -0.15) is 0 Å². The molecule has 0 amide bonds. The largest absolute Gasteiger partial charge is 0.508 e. The van der Waals surface area contributed by atoms with Gasteiger partial charge in [-0.3, -0.25) is 0 Å². The predicted molar refractivity (Wildman–Crippen MR) is 51.7 cm³/mol. The van der Waals surface area contributed by atoms with Gasteiger partial charge in [-0.05, 0) is 12.3 Å². The molecule has 0 N–H and O–H groups in total. The number of rotatable bonds is 6. The van der Waals surface area contributed by atoms with Crippen molar-refractivity contribution in [2.24, 2.45) is 5.92 Å². The summed E-state index contributed by atoms with van der Waals surface area (Å²) in [5, 5.41) is 0. The summed E-state index contributed by atoms with van der Waals surface area (Å²) in [6.07, 6.45) is 2.61. The lowest BCUT2D eigenvalue weighted by Crippen LogP contribution is -2.12. The van der Waals surface area contributed by atoms with Gasteiger partial charge in [0.1, 0.15) is 0 Å². The average Bonchev–Trinajstić information content (AvgIpc) is 2.09. The predicted octanol–water partition coefficient (Wildman–Crippen LogP) is 2.99. The number of hydrogen-bond acceptors (Lipinski definition) is 3. The van der Waals surface area contributed by atoms with E-state index < -0.39 is 6.16 Å². The average molecular weight is 188 g/mol. The van der Waals surface area contributed by atoms with Crippen LogP contribution in [0.1, 0.15) is 40.0 Å². The Morgan fingerprint density at radius 2 is 1.92 bits per heavy atom. The summed E-state index contributed by atoms with van der Waals surface area (Å²) in [6, 6.07) is 0. The molecule has 0 bridgehead atoms. The highest BCUT2D eigenvalue weighted by Crippen LogP contribution is 1.98. The minimum Gasteiger partial charge on any atom is -0.434 e. The smallest absolute Gasteiger partial charge is 0.434 e. The number of carbonyl (C=O) groups is 1. The summed E-state index contributed by atoms with van der Waals surface area (Å²) in [7, 11) is 0. The minimum absolute atomic E-state index is 0.364. The third-order valence-electron chi connectivity index (χ3n) is 1.50. The fraction of sp³-hybridized carbons (Fsp3) is 0.900. The Kier molecular flexibility index (Phi) is 7.45. The van der Waals surface area contributed by atoms with Crippen LogP contribution in [0.15, 0.2) is 0 Å². The molecule has 0 aliphatic rings. The Balaban J connectivity index is 3.20. The van der Waals surface area contributed by atoms with Crippen LogP contribution in [0.3, 0.4) is 0 Å². The lowest BCUT2D eigenvalue weighted by atomic mass is 10.2. The van der Waals surface area contributed by atoms with Gasteiger partial charge in [0.15, 0.2) is 0 Å². The molecule has 0 unspecified atom stereocenters. The highest BCUT2D eigenvalue weighted by molar-refractivity contribution is 5.59. The van der Waals surface area contributed by atoms with Crippen LogP contribution in [0.5, 0.6) is 0 Å². The van der Waals surface area contributed by atoms with Crippen LogP contribution in [0.2, 0.25) is 0 Å². The van der Waals surface area contributed by atoms with Crippen LogP contribution in [-0.2, 0) is 9.47 Å². The topological polar surface area (TPSA) is 35.5 Å². The molecule has 0 heterocycles. The van der Waals surface area contributed by atoms with Gasteiger partial charge in [0.2, 0.25) is 0 Å². The molecule has 0 aromatic rings. The first-order chi connectivity index (χ1) is 6.16. The summed E-state index contributed by atoms with van der Waals surface area (Å²) in [5.74, 6) is 0.364. The van der Waals surface area contributed by atoms with Gasteiger partial charge in [-0.25, -0.2) is 4.79 Å². The van der Waals surface area contributed by atoms with Gasteiger partial charge in [-0.1, -0.05) is 33.6 Å². The van der Waals surface area contributed by atoms with Crippen molar-refractivity contribution in [3.05, 3.63) is 0 Å². The van der Waals surface area contributed by atoms with Crippen molar-refractivity contribution in [2.45, 2.75) is 40.0 Å². The highest BCUT2D eigenvalue weighted by atomic mass is 16.7. The third-order valence-corrected chi connectivity index (χ3v) is 1.50. The van der Waals surface area contributed by atoms with Gasteiger partial charge in [0.05, 0.1) is 13.2 Å². The van der Waals surface area contributed by atoms with Crippen molar-refractivity contribution in [1.29, 1.82) is 0 Å². The first-order valence-corrected chi connectivity index (χ1v) is 4.96. The second kappa shape index (κ2) is 7.90. The number of carbonyl (C=O) groups excluding carboxylic acids is 1. The zero-order chi connectivity index (χ0) is 10.1. The molecule has 0 spiro atoms. The molecule has 13 heavy (non-hydrogen) atoms. The van der Waals surface area contributed by atoms with E-state index in [1.807, 2.05) is 13.8 Å². The van der Waals surface area contributed by atoms with Gasteiger partial charge in [0, 0.05) is 0 Å². The first-order valence-electron chi connectivity index (χ1n) is 4.96. The Morgan fingerprint density at radius 1 is 1.23 bits per heavy atom. The molecule has 0 saturated carbocycles. The molecule has 0 saturated heterocycles. The number of ether oxygens (including phenoxy) is 2. The SMILES string of the molecule is CCCCCOC(=O)OCC(C)C. The van der Waals surface area contributed by atoms with Crippen molar-refractivity contribution in [2.75, 3.05) is 13.2 Å². The number of unbranched alkanes of at least 4 members (excludes halogenated alkanes) is 2. The van der Waals surface area contributed by atoms with E-state index in [1.165, 1.54) is 0 Å². The van der Waals surface area contributed by atoms with Crippen molar-refractivity contribution in [1.82, 2.24) is 0 Å². The summed E-state index contributed by atoms with van der Waals surface area (Å²) in [6.45, 7) is 7.00. The van der Waals surface area contributed by atoms with E-state index in [-0.39, 0.29) is 0 Å². The standard InChI is InChI=1S/C10H20O3/c1-4-5-6-7-12-10(11)13-8-9(2)3/h9H,4-8H2,1-3H3. The van der Waals surface area contributed by atoms with Crippen molar-refractivity contribution < 1.29 is 14.3 Å². The van der Waals surface area contributed by atoms with Gasteiger partial charge < -0.3 is 9.47 Å². The summed E-state index contributed by atoms with van der Waals surface area (Å²) in [5.41, 5.74) is 0. The zero-order valence-corrected chi connectivity index (χ0v) is 8.84. The van der Waals surface area contributed by atoms with Gasteiger partial charge in [-0.15, -0.1) is 0 Å². The molecule has 0 aliphatic carbocycles. The molecular formula is C10H20O3. The maximum absolute atomic E-state index is 10.9. The van der Waals surface area contributed by atoms with Crippen LogP contribution in [0.4, 0.5) is 4.79 Å². The second-order valence-electron chi connectivity index (χ2n) is 3.51. The molecule has 0 radical (unpaired) electrons. The molecular weight excluding hydrogens is 168 g/mol. The third kappa shape index (κ3) is 9.18. The lowest BCUT2D eigenvalue weighted by molar-refractivity contribution is 0.0465. The lowest BCUT2D eigenvalue weighted by Gasteiger charge is -2.07. The molecule has 0 rings (SSSR count). The molecule has 3 heteroatoms. The molecule has 0 aromatic heterocycles. The quantitative estimate of drug-likeness (QED) is 0.475. The zero-order valence-electron chi connectivity index (χ0n) is 8.84. The van der Waals surface area contributed by atoms with E-state index in [2.05, 4.69) is 6.92 Å². The first kappa shape index (κ1) is 12.3. The molecule has 0 fully saturated rings. The van der Waals surface area contributed by atoms with E-state index in [0.29, 0.717) is 19.1 Å². The molecule has 0 aromatic carbocycles. The minimum atomic E-state index is -0.537. The summed E-state index contributed by atoms with van der Waals surface area (Å²) in [4.78, 5) is 10.9. The fourth-order valence-electron chi connectivity index (χ4n) is 0.784. The normalized spacial score (nSPS) is 10.2. The van der Waals surface area contributed by atoms with Gasteiger partial charge >= 0.3 is 6.16 Å². The maximum atomic E-state index is 10.9. The Morgan fingerprint density at radius 3 is 2.46 bits per heavy atom. The van der Waals surface area contributed by atoms with E-state index in [4.69, 9.17) is 9.47 Å². The molecule has 78 valence electrons. The van der Waals surface area contributed by atoms with E-state index in [1.54, 1.807) is 0 Å². The summed E-state index contributed by atoms with van der Waals surface area (Å²) >= 11 is 0. The second-order valence-corrected chi connectivity index (χ2v) is 3.51. The van der Waals surface area contributed by atoms with Crippen LogP contribution < -0.4 is 0 Å². The Hall–Kier alpha value is -0.730. The monoisotopic (exact) mass is 188 g/mol. The van der Waals surface area contributed by atoms with Gasteiger partial charge in [0.25, 0.3) is 0 Å². The molecule has 0 aliphatic heterocycles. The van der Waals surface area contributed by atoms with E-state index in [0.717, 1.165) is 19.3 Å².